The molecule has 13 heavy (non-hydrogen) atoms. The summed E-state index contributed by atoms with van der Waals surface area (Å²) in [4.78, 5) is 3.67. The van der Waals surface area contributed by atoms with E-state index in [1.807, 2.05) is 0 Å². The largest absolute Gasteiger partial charge is 0.383 e. The Kier molecular flexibility index (Phi) is 3.33. The fourth-order valence-corrected chi connectivity index (χ4v) is 1.20. The highest BCUT2D eigenvalue weighted by molar-refractivity contribution is 5.22. The third kappa shape index (κ3) is 2.47. The minimum atomic E-state index is -0.481. The molecule has 0 aliphatic rings. The van der Waals surface area contributed by atoms with Crippen LogP contribution in [-0.4, -0.2) is 18.7 Å². The average molecular weight is 184 g/mol. The molecular weight excluding hydrogens is 171 g/mol. The summed E-state index contributed by atoms with van der Waals surface area (Å²) in [5.41, 5.74) is 7.21. The molecular formula is C9H13FN2O. The van der Waals surface area contributed by atoms with Gasteiger partial charge in [-0.1, -0.05) is 6.07 Å². The number of halogens is 1. The summed E-state index contributed by atoms with van der Waals surface area (Å²) in [7, 11) is 1.58. The van der Waals surface area contributed by atoms with Crippen molar-refractivity contribution in [1.29, 1.82) is 0 Å². The molecule has 0 aromatic carbocycles. The molecule has 0 amide bonds. The maximum Gasteiger partial charge on any atom is 0.213 e. The maximum absolute atomic E-state index is 12.6. The summed E-state index contributed by atoms with van der Waals surface area (Å²) >= 11 is 0. The lowest BCUT2D eigenvalue weighted by atomic mass is 10.1. The first-order valence-corrected chi connectivity index (χ1v) is 4.02. The molecule has 0 saturated carbocycles. The molecule has 1 heterocycles. The van der Waals surface area contributed by atoms with Gasteiger partial charge in [-0.2, -0.15) is 4.39 Å². The molecule has 1 aromatic heterocycles. The molecule has 2 N–H and O–H groups in total. The summed E-state index contributed by atoms with van der Waals surface area (Å²) in [6.45, 7) is 2.14. The molecule has 0 saturated heterocycles. The van der Waals surface area contributed by atoms with Crippen molar-refractivity contribution in [2.24, 2.45) is 5.73 Å². The fraction of sp³-hybridized carbons (Fsp3) is 0.444. The van der Waals surface area contributed by atoms with Gasteiger partial charge in [-0.3, -0.25) is 0 Å². The second kappa shape index (κ2) is 4.30. The summed E-state index contributed by atoms with van der Waals surface area (Å²) in [5, 5.41) is 0. The number of aryl methyl sites for hydroxylation is 1. The van der Waals surface area contributed by atoms with Gasteiger partial charge in [-0.25, -0.2) is 4.98 Å². The maximum atomic E-state index is 12.6. The smallest absolute Gasteiger partial charge is 0.213 e. The van der Waals surface area contributed by atoms with E-state index in [0.717, 1.165) is 5.56 Å². The van der Waals surface area contributed by atoms with Crippen LogP contribution in [0.2, 0.25) is 0 Å². The molecule has 0 aliphatic heterocycles. The van der Waals surface area contributed by atoms with Crippen LogP contribution in [0.3, 0.4) is 0 Å². The standard InChI is InChI=1S/C9H13FN2O/c1-6-7(8(11)5-13-2)3-4-9(10)12-6/h3-4,8H,5,11H2,1-2H3/t8-/m0/s1. The van der Waals surface area contributed by atoms with Gasteiger partial charge < -0.3 is 10.5 Å². The number of nitrogens with zero attached hydrogens (tertiary/aromatic N) is 1. The minimum absolute atomic E-state index is 0.238. The zero-order valence-corrected chi connectivity index (χ0v) is 7.75. The van der Waals surface area contributed by atoms with Crippen molar-refractivity contribution in [3.8, 4) is 0 Å². The second-order valence-corrected chi connectivity index (χ2v) is 2.87. The number of hydrogen-bond donors (Lipinski definition) is 1. The first kappa shape index (κ1) is 10.1. The summed E-state index contributed by atoms with van der Waals surface area (Å²) in [6, 6.07) is 2.71. The first-order valence-electron chi connectivity index (χ1n) is 4.02. The molecule has 0 bridgehead atoms. The number of pyridine rings is 1. The van der Waals surface area contributed by atoms with Crippen LogP contribution in [0.1, 0.15) is 17.3 Å². The van der Waals surface area contributed by atoms with Crippen LogP contribution in [0.15, 0.2) is 12.1 Å². The summed E-state index contributed by atoms with van der Waals surface area (Å²) < 4.78 is 17.5. The number of methoxy groups -OCH3 is 1. The Bertz CT molecular complexity index is 291. The van der Waals surface area contributed by atoms with Gasteiger partial charge in [0.1, 0.15) is 0 Å². The van der Waals surface area contributed by atoms with E-state index in [-0.39, 0.29) is 6.04 Å². The van der Waals surface area contributed by atoms with Crippen LogP contribution in [0.5, 0.6) is 0 Å². The highest BCUT2D eigenvalue weighted by Crippen LogP contribution is 2.14. The Morgan fingerprint density at radius 3 is 2.85 bits per heavy atom. The highest BCUT2D eigenvalue weighted by atomic mass is 19.1. The molecule has 0 aliphatic carbocycles. The van der Waals surface area contributed by atoms with Gasteiger partial charge in [-0.05, 0) is 18.6 Å². The molecule has 0 radical (unpaired) electrons. The molecule has 1 atom stereocenters. The number of nitrogens with two attached hydrogens (primary N) is 1. The molecule has 1 aromatic rings. The Morgan fingerprint density at radius 2 is 2.31 bits per heavy atom. The van der Waals surface area contributed by atoms with E-state index in [9.17, 15) is 4.39 Å². The molecule has 72 valence electrons. The molecule has 1 rings (SSSR count). The van der Waals surface area contributed by atoms with Gasteiger partial charge in [0.2, 0.25) is 5.95 Å². The van der Waals surface area contributed by atoms with Gasteiger partial charge in [-0.15, -0.1) is 0 Å². The lowest BCUT2D eigenvalue weighted by molar-refractivity contribution is 0.180. The predicted octanol–water partition coefficient (Wildman–Crippen LogP) is 1.18. The van der Waals surface area contributed by atoms with Gasteiger partial charge in [0.15, 0.2) is 0 Å². The van der Waals surface area contributed by atoms with Gasteiger partial charge >= 0.3 is 0 Å². The Morgan fingerprint density at radius 1 is 1.62 bits per heavy atom. The summed E-state index contributed by atoms with van der Waals surface area (Å²) in [5.74, 6) is -0.481. The van der Waals surface area contributed by atoms with Crippen molar-refractivity contribution < 1.29 is 9.13 Å². The van der Waals surface area contributed by atoms with Gasteiger partial charge in [0.05, 0.1) is 12.6 Å². The van der Waals surface area contributed by atoms with E-state index in [0.29, 0.717) is 12.3 Å². The van der Waals surface area contributed by atoms with Crippen LogP contribution < -0.4 is 5.73 Å². The SMILES string of the molecule is COC[C@H](N)c1ccc(F)nc1C. The zero-order chi connectivity index (χ0) is 9.84. The third-order valence-corrected chi connectivity index (χ3v) is 1.84. The van der Waals surface area contributed by atoms with Crippen LogP contribution in [0.25, 0.3) is 0 Å². The lowest BCUT2D eigenvalue weighted by Crippen LogP contribution is -2.17. The average Bonchev–Trinajstić information content (AvgIpc) is 2.04. The molecule has 3 nitrogen and oxygen atoms in total. The Hall–Kier alpha value is -1.00. The fourth-order valence-electron chi connectivity index (χ4n) is 1.20. The quantitative estimate of drug-likeness (QED) is 0.717. The van der Waals surface area contributed by atoms with Crippen molar-refractivity contribution >= 4 is 0 Å². The highest BCUT2D eigenvalue weighted by Gasteiger charge is 2.09. The third-order valence-electron chi connectivity index (χ3n) is 1.84. The number of rotatable bonds is 3. The van der Waals surface area contributed by atoms with Crippen molar-refractivity contribution in [3.05, 3.63) is 29.3 Å². The first-order chi connectivity index (χ1) is 6.15. The van der Waals surface area contributed by atoms with Gasteiger partial charge in [0, 0.05) is 12.8 Å². The Labute approximate surface area is 76.7 Å². The van der Waals surface area contributed by atoms with E-state index in [2.05, 4.69) is 4.98 Å². The number of hydrogen-bond acceptors (Lipinski definition) is 3. The summed E-state index contributed by atoms with van der Waals surface area (Å²) in [6.07, 6.45) is 0. The van der Waals surface area contributed by atoms with Crippen LogP contribution in [-0.2, 0) is 4.74 Å². The van der Waals surface area contributed by atoms with Crippen LogP contribution in [0.4, 0.5) is 4.39 Å². The van der Waals surface area contributed by atoms with Crippen molar-refractivity contribution in [1.82, 2.24) is 4.98 Å². The minimum Gasteiger partial charge on any atom is -0.383 e. The number of aromatic nitrogens is 1. The zero-order valence-electron chi connectivity index (χ0n) is 7.75. The second-order valence-electron chi connectivity index (χ2n) is 2.87. The Balaban J connectivity index is 2.88. The van der Waals surface area contributed by atoms with E-state index < -0.39 is 5.95 Å². The normalized spacial score (nSPS) is 12.9. The lowest BCUT2D eigenvalue weighted by Gasteiger charge is -2.12. The van der Waals surface area contributed by atoms with E-state index in [1.165, 1.54) is 6.07 Å². The molecule has 0 spiro atoms. The number of ether oxygens (including phenoxy) is 1. The van der Waals surface area contributed by atoms with E-state index in [4.69, 9.17) is 10.5 Å². The van der Waals surface area contributed by atoms with Crippen LogP contribution in [0, 0.1) is 12.9 Å². The van der Waals surface area contributed by atoms with Gasteiger partial charge in [0.25, 0.3) is 0 Å². The topological polar surface area (TPSA) is 48.1 Å². The molecule has 0 fully saturated rings. The van der Waals surface area contributed by atoms with Crippen LogP contribution >= 0.6 is 0 Å². The van der Waals surface area contributed by atoms with Crippen molar-refractivity contribution in [2.75, 3.05) is 13.7 Å². The van der Waals surface area contributed by atoms with E-state index >= 15 is 0 Å². The van der Waals surface area contributed by atoms with Crippen molar-refractivity contribution in [2.45, 2.75) is 13.0 Å². The predicted molar refractivity (Wildman–Crippen MR) is 47.7 cm³/mol. The monoisotopic (exact) mass is 184 g/mol. The van der Waals surface area contributed by atoms with E-state index in [1.54, 1.807) is 20.1 Å². The molecule has 0 unspecified atom stereocenters. The molecule has 4 heteroatoms. The van der Waals surface area contributed by atoms with Crippen molar-refractivity contribution in [3.63, 3.8) is 0 Å².